The van der Waals surface area contributed by atoms with E-state index >= 15 is 0 Å². The highest BCUT2D eigenvalue weighted by atomic mass is 79.9. The molecule has 7 nitrogen and oxygen atoms in total. The second-order valence-electron chi connectivity index (χ2n) is 9.13. The maximum absolute atomic E-state index is 13.4. The van der Waals surface area contributed by atoms with Crippen LogP contribution in [0.25, 0.3) is 16.8 Å². The highest BCUT2D eigenvalue weighted by Crippen LogP contribution is 2.40. The summed E-state index contributed by atoms with van der Waals surface area (Å²) in [5.74, 6) is -0.894. The number of carbonyl (C=O) groups is 3. The molecular weight excluding hydrogens is 647 g/mol. The number of benzene rings is 4. The quantitative estimate of drug-likeness (QED) is 0.182. The predicted molar refractivity (Wildman–Crippen MR) is 166 cm³/mol. The normalized spacial score (nSPS) is 14.1. The van der Waals surface area contributed by atoms with E-state index in [-0.39, 0.29) is 15.6 Å². The van der Waals surface area contributed by atoms with Crippen molar-refractivity contribution in [3.63, 3.8) is 0 Å². The first-order valence-corrected chi connectivity index (χ1v) is 14.8. The number of anilines is 1. The molecule has 214 valence electrons. The Hall–Kier alpha value is -3.86. The zero-order valence-corrected chi connectivity index (χ0v) is 25.3. The number of fused-ring (bicyclic) bond motifs is 1. The zero-order valence-electron chi connectivity index (χ0n) is 22.2. The predicted octanol–water partition coefficient (Wildman–Crippen LogP) is 8.05. The molecule has 1 N–H and O–H groups in total. The van der Waals surface area contributed by atoms with Gasteiger partial charge in [-0.3, -0.25) is 19.3 Å². The SMILES string of the molecule is CCOc1cc(/C=C2/SC(=O)N(CC(=O)Nc3ccc(F)c(Cl)c3)C2=O)cc(Br)c1OCc1cccc2ccccc12. The van der Waals surface area contributed by atoms with Gasteiger partial charge in [-0.05, 0) is 92.9 Å². The number of rotatable bonds is 9. The third-order valence-electron chi connectivity index (χ3n) is 6.26. The van der Waals surface area contributed by atoms with Gasteiger partial charge in [-0.1, -0.05) is 54.1 Å². The fourth-order valence-corrected chi connectivity index (χ4v) is 5.94. The van der Waals surface area contributed by atoms with E-state index in [1.807, 2.05) is 49.4 Å². The van der Waals surface area contributed by atoms with Crippen molar-refractivity contribution >= 4 is 78.9 Å². The lowest BCUT2D eigenvalue weighted by Gasteiger charge is -2.16. The van der Waals surface area contributed by atoms with Gasteiger partial charge >= 0.3 is 0 Å². The van der Waals surface area contributed by atoms with Gasteiger partial charge in [0.05, 0.1) is 21.0 Å². The first-order chi connectivity index (χ1) is 20.2. The monoisotopic (exact) mass is 668 g/mol. The Balaban J connectivity index is 1.32. The number of imide groups is 1. The van der Waals surface area contributed by atoms with E-state index in [0.717, 1.165) is 39.1 Å². The van der Waals surface area contributed by atoms with E-state index in [4.69, 9.17) is 21.1 Å². The molecule has 1 fully saturated rings. The van der Waals surface area contributed by atoms with Crippen molar-refractivity contribution in [2.45, 2.75) is 13.5 Å². The lowest BCUT2D eigenvalue weighted by molar-refractivity contribution is -0.127. The molecule has 5 rings (SSSR count). The van der Waals surface area contributed by atoms with Gasteiger partial charge in [-0.15, -0.1) is 0 Å². The molecule has 0 atom stereocenters. The van der Waals surface area contributed by atoms with Crippen molar-refractivity contribution < 1.29 is 28.2 Å². The summed E-state index contributed by atoms with van der Waals surface area (Å²) < 4.78 is 26.1. The second kappa shape index (κ2) is 13.0. The molecule has 0 aromatic heterocycles. The van der Waals surface area contributed by atoms with Crippen LogP contribution in [-0.4, -0.2) is 35.1 Å². The first kappa shape index (κ1) is 29.6. The second-order valence-corrected chi connectivity index (χ2v) is 11.4. The minimum atomic E-state index is -0.630. The van der Waals surface area contributed by atoms with Crippen LogP contribution in [0.1, 0.15) is 18.1 Å². The number of nitrogens with one attached hydrogen (secondary N) is 1. The van der Waals surface area contributed by atoms with Crippen LogP contribution in [0, 0.1) is 5.82 Å². The molecular formula is C31H23BrClFN2O5S. The van der Waals surface area contributed by atoms with Crippen molar-refractivity contribution in [3.8, 4) is 11.5 Å². The largest absolute Gasteiger partial charge is 0.490 e. The fourth-order valence-electron chi connectivity index (χ4n) is 4.35. The van der Waals surface area contributed by atoms with E-state index in [2.05, 4.69) is 21.2 Å². The summed E-state index contributed by atoms with van der Waals surface area (Å²) in [6.07, 6.45) is 1.56. The zero-order chi connectivity index (χ0) is 29.8. The van der Waals surface area contributed by atoms with Crippen LogP contribution < -0.4 is 14.8 Å². The minimum absolute atomic E-state index is 0.149. The molecule has 0 bridgehead atoms. The van der Waals surface area contributed by atoms with Gasteiger partial charge in [0, 0.05) is 5.69 Å². The van der Waals surface area contributed by atoms with E-state index in [1.54, 1.807) is 18.2 Å². The van der Waals surface area contributed by atoms with Gasteiger partial charge in [-0.25, -0.2) is 4.39 Å². The molecule has 1 aliphatic rings. The van der Waals surface area contributed by atoms with E-state index in [1.165, 1.54) is 12.1 Å². The summed E-state index contributed by atoms with van der Waals surface area (Å²) in [4.78, 5) is 39.1. The lowest BCUT2D eigenvalue weighted by Crippen LogP contribution is -2.36. The van der Waals surface area contributed by atoms with Crippen molar-refractivity contribution in [1.82, 2.24) is 4.90 Å². The summed E-state index contributed by atoms with van der Waals surface area (Å²) in [6.45, 7) is 2.03. The molecule has 0 unspecified atom stereocenters. The maximum Gasteiger partial charge on any atom is 0.294 e. The molecule has 1 heterocycles. The number of amides is 3. The van der Waals surface area contributed by atoms with Crippen molar-refractivity contribution in [2.75, 3.05) is 18.5 Å². The van der Waals surface area contributed by atoms with Gasteiger partial charge in [0.15, 0.2) is 11.5 Å². The van der Waals surface area contributed by atoms with Gasteiger partial charge in [0.1, 0.15) is 19.0 Å². The molecule has 0 radical (unpaired) electrons. The molecule has 11 heteroatoms. The van der Waals surface area contributed by atoms with Crippen LogP contribution in [-0.2, 0) is 16.2 Å². The van der Waals surface area contributed by atoms with Crippen LogP contribution in [0.2, 0.25) is 5.02 Å². The lowest BCUT2D eigenvalue weighted by atomic mass is 10.1. The third-order valence-corrected chi connectivity index (χ3v) is 8.05. The van der Waals surface area contributed by atoms with Crippen molar-refractivity contribution in [1.29, 1.82) is 0 Å². The van der Waals surface area contributed by atoms with E-state index in [0.29, 0.717) is 34.7 Å². The Morgan fingerprint density at radius 1 is 1.07 bits per heavy atom. The summed E-state index contributed by atoms with van der Waals surface area (Å²) in [5.41, 5.74) is 1.86. The van der Waals surface area contributed by atoms with Crippen LogP contribution in [0.5, 0.6) is 11.5 Å². The molecule has 0 saturated carbocycles. The molecule has 1 aliphatic heterocycles. The summed E-state index contributed by atoms with van der Waals surface area (Å²) in [5, 5.41) is 3.97. The number of ether oxygens (including phenoxy) is 2. The number of hydrogen-bond donors (Lipinski definition) is 1. The smallest absolute Gasteiger partial charge is 0.294 e. The topological polar surface area (TPSA) is 84.9 Å². The number of carbonyl (C=O) groups excluding carboxylic acids is 3. The third kappa shape index (κ3) is 6.61. The highest BCUT2D eigenvalue weighted by molar-refractivity contribution is 9.10. The van der Waals surface area contributed by atoms with Crippen molar-refractivity contribution in [2.24, 2.45) is 0 Å². The van der Waals surface area contributed by atoms with Crippen LogP contribution in [0.15, 0.2) is 82.2 Å². The Bertz CT molecular complexity index is 1740. The maximum atomic E-state index is 13.4. The Morgan fingerprint density at radius 2 is 1.86 bits per heavy atom. The molecule has 1 saturated heterocycles. The Morgan fingerprint density at radius 3 is 2.64 bits per heavy atom. The number of nitrogens with zero attached hydrogens (tertiary/aromatic N) is 1. The van der Waals surface area contributed by atoms with Gasteiger partial charge in [0.2, 0.25) is 5.91 Å². The van der Waals surface area contributed by atoms with E-state index < -0.39 is 29.4 Å². The molecule has 3 amide bonds. The van der Waals surface area contributed by atoms with Crippen molar-refractivity contribution in [3.05, 3.63) is 104 Å². The van der Waals surface area contributed by atoms with Gasteiger partial charge in [-0.2, -0.15) is 0 Å². The van der Waals surface area contributed by atoms with E-state index in [9.17, 15) is 18.8 Å². The van der Waals surface area contributed by atoms with Gasteiger partial charge < -0.3 is 14.8 Å². The summed E-state index contributed by atoms with van der Waals surface area (Å²) in [6, 6.07) is 21.3. The molecule has 42 heavy (non-hydrogen) atoms. The van der Waals surface area contributed by atoms with Gasteiger partial charge in [0.25, 0.3) is 11.1 Å². The Labute approximate surface area is 258 Å². The molecule has 4 aromatic rings. The summed E-state index contributed by atoms with van der Waals surface area (Å²) >= 11 is 10.0. The average molecular weight is 670 g/mol. The first-order valence-electron chi connectivity index (χ1n) is 12.8. The average Bonchev–Trinajstić information content (AvgIpc) is 3.22. The van der Waals surface area contributed by atoms with Crippen LogP contribution >= 0.6 is 39.3 Å². The highest BCUT2D eigenvalue weighted by Gasteiger charge is 2.36. The minimum Gasteiger partial charge on any atom is -0.490 e. The Kier molecular flexibility index (Phi) is 9.15. The number of thioether (sulfide) groups is 1. The number of halogens is 3. The molecule has 0 aliphatic carbocycles. The fraction of sp³-hybridized carbons (Fsp3) is 0.129. The molecule has 0 spiro atoms. The number of hydrogen-bond acceptors (Lipinski definition) is 6. The van der Waals surface area contributed by atoms with Crippen LogP contribution in [0.4, 0.5) is 14.9 Å². The summed E-state index contributed by atoms with van der Waals surface area (Å²) in [7, 11) is 0. The standard InChI is InChI=1S/C31H23BrClFN2O5S/c1-2-40-26-13-18(12-23(32)29(26)41-17-20-8-5-7-19-6-3-4-9-22(19)20)14-27-30(38)36(31(39)42-27)16-28(37)35-21-10-11-25(34)24(33)15-21/h3-15H,2,16-17H2,1H3,(H,35,37)/b27-14+. The molecule has 4 aromatic carbocycles. The van der Waals surface area contributed by atoms with Crippen LogP contribution in [0.3, 0.4) is 0 Å².